The lowest BCUT2D eigenvalue weighted by Crippen LogP contribution is -2.47. The maximum atomic E-state index is 14.6. The topological polar surface area (TPSA) is 72.6 Å². The number of fused-ring (bicyclic) bond motifs is 1. The van der Waals surface area contributed by atoms with Crippen LogP contribution in [0.2, 0.25) is 0 Å². The average molecular weight is 486 g/mol. The summed E-state index contributed by atoms with van der Waals surface area (Å²) in [5.74, 6) is -4.78. The van der Waals surface area contributed by atoms with Crippen LogP contribution in [0.4, 0.5) is 27.8 Å². The molecule has 4 rings (SSSR count). The van der Waals surface area contributed by atoms with E-state index in [1.165, 1.54) is 17.9 Å². The van der Waals surface area contributed by atoms with Gasteiger partial charge >= 0.3 is 6.18 Å². The lowest BCUT2D eigenvalue weighted by Gasteiger charge is -2.39. The summed E-state index contributed by atoms with van der Waals surface area (Å²) in [5.41, 5.74) is -2.62. The highest BCUT2D eigenvalue weighted by atomic mass is 19.4. The minimum Gasteiger partial charge on any atom is -0.503 e. The van der Waals surface area contributed by atoms with Crippen molar-refractivity contribution in [1.29, 1.82) is 0 Å². The summed E-state index contributed by atoms with van der Waals surface area (Å²) in [6.07, 6.45) is -2.36. The van der Waals surface area contributed by atoms with Crippen molar-refractivity contribution in [3.05, 3.63) is 35.5 Å². The third-order valence-electron chi connectivity index (χ3n) is 6.21. The van der Waals surface area contributed by atoms with Crippen molar-refractivity contribution in [2.75, 3.05) is 38.8 Å². The Labute approximate surface area is 191 Å². The van der Waals surface area contributed by atoms with Crippen molar-refractivity contribution >= 4 is 16.7 Å². The van der Waals surface area contributed by atoms with Gasteiger partial charge in [-0.3, -0.25) is 4.68 Å². The standard InChI is InChI=1S/C22H23F5N4O3/c1-30(11-21(33-3)4-6-34-7-5-21)16-9-15-13(10-28-16)19(29-31(15)2)12-8-14(22(25,26)27)18(24)20(32)17(12)23/h8-10,32H,4-7,11H2,1-3H3. The van der Waals surface area contributed by atoms with E-state index in [-0.39, 0.29) is 11.1 Å². The molecular formula is C22H23F5N4O3. The molecule has 1 aliphatic heterocycles. The number of phenolic OH excluding ortho intramolecular Hbond substituents is 1. The molecule has 0 bridgehead atoms. The monoisotopic (exact) mass is 486 g/mol. The summed E-state index contributed by atoms with van der Waals surface area (Å²) in [7, 11) is 5.01. The Morgan fingerprint density at radius 3 is 2.50 bits per heavy atom. The second kappa shape index (κ2) is 8.66. The van der Waals surface area contributed by atoms with Gasteiger partial charge in [0.05, 0.1) is 16.7 Å². The Morgan fingerprint density at radius 1 is 1.21 bits per heavy atom. The lowest BCUT2D eigenvalue weighted by molar-refractivity contribution is -0.140. The lowest BCUT2D eigenvalue weighted by atomic mass is 9.93. The Kier molecular flexibility index (Phi) is 6.15. The van der Waals surface area contributed by atoms with Crippen LogP contribution >= 0.6 is 0 Å². The average Bonchev–Trinajstić information content (AvgIpc) is 3.13. The van der Waals surface area contributed by atoms with Crippen molar-refractivity contribution in [2.24, 2.45) is 7.05 Å². The molecule has 34 heavy (non-hydrogen) atoms. The van der Waals surface area contributed by atoms with E-state index in [1.54, 1.807) is 13.2 Å². The van der Waals surface area contributed by atoms with E-state index in [2.05, 4.69) is 10.1 Å². The first-order valence-corrected chi connectivity index (χ1v) is 10.4. The van der Waals surface area contributed by atoms with Gasteiger partial charge in [0.15, 0.2) is 17.4 Å². The molecule has 1 N–H and O–H groups in total. The number of likely N-dealkylation sites (N-methyl/N-ethyl adjacent to an activating group) is 1. The van der Waals surface area contributed by atoms with Crippen molar-refractivity contribution in [3.63, 3.8) is 0 Å². The van der Waals surface area contributed by atoms with E-state index in [4.69, 9.17) is 9.47 Å². The molecule has 1 fully saturated rings. The molecular weight excluding hydrogens is 463 g/mol. The zero-order valence-electron chi connectivity index (χ0n) is 18.7. The predicted molar refractivity (Wildman–Crippen MR) is 114 cm³/mol. The summed E-state index contributed by atoms with van der Waals surface area (Å²) in [6.45, 7) is 1.68. The molecule has 2 aromatic heterocycles. The van der Waals surface area contributed by atoms with Crippen LogP contribution in [-0.2, 0) is 22.7 Å². The predicted octanol–water partition coefficient (Wildman–Crippen LogP) is 4.27. The van der Waals surface area contributed by atoms with Gasteiger partial charge in [0, 0.05) is 77.0 Å². The Balaban J connectivity index is 1.75. The molecule has 0 atom stereocenters. The van der Waals surface area contributed by atoms with Gasteiger partial charge in [-0.2, -0.15) is 18.3 Å². The molecule has 0 radical (unpaired) electrons. The van der Waals surface area contributed by atoms with Gasteiger partial charge in [-0.25, -0.2) is 13.8 Å². The fourth-order valence-corrected chi connectivity index (χ4v) is 4.23. The van der Waals surface area contributed by atoms with Crippen LogP contribution < -0.4 is 4.90 Å². The number of phenols is 1. The molecule has 184 valence electrons. The molecule has 1 aromatic carbocycles. The fourth-order valence-electron chi connectivity index (χ4n) is 4.23. The van der Waals surface area contributed by atoms with Crippen molar-refractivity contribution in [3.8, 4) is 17.0 Å². The van der Waals surface area contributed by atoms with Crippen LogP contribution in [0.15, 0.2) is 18.3 Å². The number of methoxy groups -OCH3 is 1. The fraction of sp³-hybridized carbons (Fsp3) is 0.455. The van der Waals surface area contributed by atoms with E-state index in [1.807, 2.05) is 11.9 Å². The number of benzene rings is 1. The summed E-state index contributed by atoms with van der Waals surface area (Å²) < 4.78 is 80.8. The van der Waals surface area contributed by atoms with Crippen LogP contribution in [-0.4, -0.2) is 59.4 Å². The van der Waals surface area contributed by atoms with E-state index in [0.29, 0.717) is 50.0 Å². The number of alkyl halides is 3. The molecule has 0 unspecified atom stereocenters. The third-order valence-corrected chi connectivity index (χ3v) is 6.21. The van der Waals surface area contributed by atoms with E-state index < -0.39 is 40.3 Å². The van der Waals surface area contributed by atoms with Crippen LogP contribution in [0.5, 0.6) is 5.75 Å². The molecule has 0 aliphatic carbocycles. The van der Waals surface area contributed by atoms with Crippen LogP contribution in [0.3, 0.4) is 0 Å². The first kappa shape index (κ1) is 24.1. The normalized spacial score (nSPS) is 16.2. The number of hydrogen-bond donors (Lipinski definition) is 1. The van der Waals surface area contributed by atoms with Gasteiger partial charge in [-0.05, 0) is 6.07 Å². The van der Waals surface area contributed by atoms with E-state index >= 15 is 0 Å². The minimum atomic E-state index is -5.13. The number of aryl methyl sites for hydroxylation is 1. The van der Waals surface area contributed by atoms with E-state index in [0.717, 1.165) is 0 Å². The molecule has 3 heterocycles. The Morgan fingerprint density at radius 2 is 1.88 bits per heavy atom. The van der Waals surface area contributed by atoms with Gasteiger partial charge in [-0.15, -0.1) is 0 Å². The minimum absolute atomic E-state index is 0.199. The molecule has 3 aromatic rings. The number of aromatic nitrogens is 3. The quantitative estimate of drug-likeness (QED) is 0.544. The van der Waals surface area contributed by atoms with Crippen molar-refractivity contribution in [1.82, 2.24) is 14.8 Å². The summed E-state index contributed by atoms with van der Waals surface area (Å²) in [5, 5.41) is 14.0. The highest BCUT2D eigenvalue weighted by Crippen LogP contribution is 2.41. The molecule has 12 heteroatoms. The van der Waals surface area contributed by atoms with Gasteiger partial charge in [-0.1, -0.05) is 0 Å². The number of anilines is 1. The van der Waals surface area contributed by atoms with Crippen molar-refractivity contribution in [2.45, 2.75) is 24.6 Å². The molecule has 1 saturated heterocycles. The summed E-state index contributed by atoms with van der Waals surface area (Å²) in [6, 6.07) is 1.97. The number of ether oxygens (including phenoxy) is 2. The number of hydrogen-bond acceptors (Lipinski definition) is 6. The van der Waals surface area contributed by atoms with Gasteiger partial charge in [0.1, 0.15) is 11.5 Å². The second-order valence-electron chi connectivity index (χ2n) is 8.33. The Bertz CT molecular complexity index is 1220. The zero-order chi connectivity index (χ0) is 24.8. The van der Waals surface area contributed by atoms with Gasteiger partial charge in [0.25, 0.3) is 0 Å². The highest BCUT2D eigenvalue weighted by Gasteiger charge is 2.38. The van der Waals surface area contributed by atoms with Crippen LogP contribution in [0.1, 0.15) is 18.4 Å². The Hall–Kier alpha value is -2.99. The molecule has 0 amide bonds. The summed E-state index contributed by atoms with van der Waals surface area (Å²) in [4.78, 5) is 6.26. The number of nitrogens with zero attached hydrogens (tertiary/aromatic N) is 4. The molecule has 0 spiro atoms. The third kappa shape index (κ3) is 4.16. The highest BCUT2D eigenvalue weighted by molar-refractivity contribution is 5.94. The van der Waals surface area contributed by atoms with E-state index in [9.17, 15) is 27.1 Å². The van der Waals surface area contributed by atoms with Crippen LogP contribution in [0.25, 0.3) is 22.2 Å². The van der Waals surface area contributed by atoms with Gasteiger partial charge < -0.3 is 19.5 Å². The molecule has 1 aliphatic rings. The number of rotatable bonds is 5. The van der Waals surface area contributed by atoms with Crippen LogP contribution in [0, 0.1) is 11.6 Å². The number of pyridine rings is 1. The smallest absolute Gasteiger partial charge is 0.419 e. The largest absolute Gasteiger partial charge is 0.503 e. The number of halogens is 5. The zero-order valence-corrected chi connectivity index (χ0v) is 18.7. The van der Waals surface area contributed by atoms with Gasteiger partial charge in [0.2, 0.25) is 0 Å². The van der Waals surface area contributed by atoms with Crippen molar-refractivity contribution < 1.29 is 36.5 Å². The number of aromatic hydroxyl groups is 1. The molecule has 7 nitrogen and oxygen atoms in total. The maximum Gasteiger partial charge on any atom is 0.419 e. The first-order valence-electron chi connectivity index (χ1n) is 10.4. The first-order chi connectivity index (χ1) is 16.0. The summed E-state index contributed by atoms with van der Waals surface area (Å²) >= 11 is 0. The molecule has 0 saturated carbocycles. The second-order valence-corrected chi connectivity index (χ2v) is 8.33. The maximum absolute atomic E-state index is 14.6. The SMILES string of the molecule is COC1(CN(C)c2cc3c(cn2)c(-c2cc(C(F)(F)F)c(F)c(O)c2F)nn3C)CCOCC1.